The number of rotatable bonds is 8. The number of methoxy groups -OCH3 is 1. The summed E-state index contributed by atoms with van der Waals surface area (Å²) in [4.78, 5) is 12.0. The summed E-state index contributed by atoms with van der Waals surface area (Å²) in [7, 11) is 1.59. The van der Waals surface area contributed by atoms with Crippen LogP contribution in [0.5, 0.6) is 17.2 Å². The van der Waals surface area contributed by atoms with E-state index in [1.54, 1.807) is 7.11 Å². The largest absolute Gasteiger partial charge is 0.495 e. The molecule has 0 radical (unpaired) electrons. The Balaban J connectivity index is 1.43. The van der Waals surface area contributed by atoms with E-state index in [9.17, 15) is 4.79 Å². The third-order valence-electron chi connectivity index (χ3n) is 4.03. The molecule has 2 aromatic rings. The molecule has 0 aromatic heterocycles. The molecule has 1 aliphatic rings. The predicted octanol–water partition coefficient (Wildman–Crippen LogP) is 2.60. The van der Waals surface area contributed by atoms with Crippen molar-refractivity contribution in [3.63, 3.8) is 0 Å². The summed E-state index contributed by atoms with van der Waals surface area (Å²) in [6.07, 6.45) is 2.70. The number of nitrogens with one attached hydrogen (secondary N) is 3. The van der Waals surface area contributed by atoms with Crippen LogP contribution in [0, 0.1) is 0 Å². The monoisotopic (exact) mass is 369 g/mol. The topological polar surface area (TPSA) is 80.9 Å². The Morgan fingerprint density at radius 2 is 1.96 bits per heavy atom. The first-order chi connectivity index (χ1) is 13.2. The minimum absolute atomic E-state index is 0.128. The van der Waals surface area contributed by atoms with Crippen molar-refractivity contribution in [1.29, 1.82) is 0 Å². The molecule has 7 nitrogen and oxygen atoms in total. The molecule has 7 heteroatoms. The van der Waals surface area contributed by atoms with Gasteiger partial charge >= 0.3 is 0 Å². The molecule has 0 saturated heterocycles. The highest BCUT2D eigenvalue weighted by Crippen LogP contribution is 2.32. The first-order valence-electron chi connectivity index (χ1n) is 8.63. The number of para-hydroxylation sites is 2. The summed E-state index contributed by atoms with van der Waals surface area (Å²) in [6, 6.07) is 13.3. The van der Waals surface area contributed by atoms with Gasteiger partial charge in [0.2, 0.25) is 6.79 Å². The summed E-state index contributed by atoms with van der Waals surface area (Å²) in [6.45, 7) is 2.29. The number of fused-ring (bicyclic) bond motifs is 1. The van der Waals surface area contributed by atoms with Crippen molar-refractivity contribution in [1.82, 2.24) is 10.9 Å². The van der Waals surface area contributed by atoms with Crippen LogP contribution in [0.4, 0.5) is 5.69 Å². The average molecular weight is 369 g/mol. The number of carbonyl (C=O) groups excluding carboxylic acids is 1. The van der Waals surface area contributed by atoms with E-state index >= 15 is 0 Å². The first-order valence-corrected chi connectivity index (χ1v) is 8.63. The molecule has 0 fully saturated rings. The van der Waals surface area contributed by atoms with Crippen molar-refractivity contribution in [3.8, 4) is 17.2 Å². The normalized spacial score (nSPS) is 12.4. The van der Waals surface area contributed by atoms with Crippen LogP contribution in [0.15, 0.2) is 54.2 Å². The smallest absolute Gasteiger partial charge is 0.257 e. The summed E-state index contributed by atoms with van der Waals surface area (Å²) < 4.78 is 15.9. The van der Waals surface area contributed by atoms with Gasteiger partial charge in [0.1, 0.15) is 5.75 Å². The van der Waals surface area contributed by atoms with Crippen molar-refractivity contribution in [2.45, 2.75) is 13.3 Å². The lowest BCUT2D eigenvalue weighted by Crippen LogP contribution is -2.39. The lowest BCUT2D eigenvalue weighted by Gasteiger charge is -2.12. The molecule has 142 valence electrons. The van der Waals surface area contributed by atoms with Crippen LogP contribution in [-0.2, 0) is 11.2 Å². The second-order valence-corrected chi connectivity index (χ2v) is 6.01. The number of ether oxygens (including phenoxy) is 3. The van der Waals surface area contributed by atoms with Crippen LogP contribution in [-0.4, -0.2) is 26.4 Å². The maximum atomic E-state index is 12.0. The van der Waals surface area contributed by atoms with Gasteiger partial charge in [-0.05, 0) is 43.2 Å². The second kappa shape index (κ2) is 8.84. The molecule has 0 aliphatic carbocycles. The third-order valence-corrected chi connectivity index (χ3v) is 4.03. The number of carbonyl (C=O) groups is 1. The van der Waals surface area contributed by atoms with Gasteiger partial charge in [0, 0.05) is 5.70 Å². The van der Waals surface area contributed by atoms with Gasteiger partial charge in [0.25, 0.3) is 5.91 Å². The van der Waals surface area contributed by atoms with Gasteiger partial charge in [-0.15, -0.1) is 0 Å². The maximum Gasteiger partial charge on any atom is 0.257 e. The fraction of sp³-hybridized carbons (Fsp3) is 0.250. The molecule has 0 saturated carbocycles. The van der Waals surface area contributed by atoms with E-state index in [0.29, 0.717) is 12.2 Å². The number of benzene rings is 2. The Morgan fingerprint density at radius 3 is 2.81 bits per heavy atom. The Bertz CT molecular complexity index is 836. The molecular formula is C20H23N3O4. The molecule has 3 N–H and O–H groups in total. The SMILES string of the molecule is COc1ccccc1NCC(=O)NN/C(C)=C\Cc1ccc2c(c1)OCO2. The second-order valence-electron chi connectivity index (χ2n) is 6.01. The standard InChI is InChI=1S/C20H23N3O4/c1-14(7-8-15-9-10-18-19(11-15)27-13-26-18)22-23-20(24)12-21-16-5-3-4-6-17(16)25-2/h3-7,9-11,21-22H,8,12-13H2,1-2H3,(H,23,24)/b14-7-. The van der Waals surface area contributed by atoms with E-state index in [2.05, 4.69) is 16.2 Å². The van der Waals surface area contributed by atoms with E-state index in [1.165, 1.54) is 0 Å². The molecule has 1 amide bonds. The van der Waals surface area contributed by atoms with Crippen LogP contribution in [0.25, 0.3) is 0 Å². The molecular weight excluding hydrogens is 346 g/mol. The van der Waals surface area contributed by atoms with Crippen LogP contribution in [0.2, 0.25) is 0 Å². The molecule has 0 bridgehead atoms. The summed E-state index contributed by atoms with van der Waals surface area (Å²) in [5, 5.41) is 3.05. The number of amides is 1. The van der Waals surface area contributed by atoms with Crippen LogP contribution >= 0.6 is 0 Å². The van der Waals surface area contributed by atoms with E-state index in [0.717, 1.165) is 28.4 Å². The van der Waals surface area contributed by atoms with E-state index in [4.69, 9.17) is 14.2 Å². The maximum absolute atomic E-state index is 12.0. The van der Waals surface area contributed by atoms with Gasteiger partial charge in [-0.3, -0.25) is 10.2 Å². The van der Waals surface area contributed by atoms with E-state index < -0.39 is 0 Å². The van der Waals surface area contributed by atoms with Gasteiger partial charge < -0.3 is 25.0 Å². The zero-order valence-corrected chi connectivity index (χ0v) is 15.4. The van der Waals surface area contributed by atoms with Crippen molar-refractivity contribution in [3.05, 3.63) is 59.8 Å². The minimum atomic E-state index is -0.184. The zero-order chi connectivity index (χ0) is 19.1. The molecule has 0 atom stereocenters. The number of hydrogen-bond acceptors (Lipinski definition) is 6. The lowest BCUT2D eigenvalue weighted by atomic mass is 10.1. The van der Waals surface area contributed by atoms with Crippen molar-refractivity contribution < 1.29 is 19.0 Å². The minimum Gasteiger partial charge on any atom is -0.495 e. The Morgan fingerprint density at radius 1 is 1.15 bits per heavy atom. The Labute approximate surface area is 158 Å². The van der Waals surface area contributed by atoms with Gasteiger partial charge in [-0.25, -0.2) is 0 Å². The Kier molecular flexibility index (Phi) is 6.04. The fourth-order valence-electron chi connectivity index (χ4n) is 2.57. The summed E-state index contributed by atoms with van der Waals surface area (Å²) >= 11 is 0. The highest BCUT2D eigenvalue weighted by Gasteiger charge is 2.12. The molecule has 1 aliphatic heterocycles. The summed E-state index contributed by atoms with van der Waals surface area (Å²) in [5.74, 6) is 2.05. The number of allylic oxidation sites excluding steroid dienone is 2. The highest BCUT2D eigenvalue weighted by molar-refractivity contribution is 5.81. The molecule has 0 unspecified atom stereocenters. The fourth-order valence-corrected chi connectivity index (χ4v) is 2.57. The molecule has 27 heavy (non-hydrogen) atoms. The molecule has 3 rings (SSSR count). The van der Waals surface area contributed by atoms with Gasteiger partial charge in [0.05, 0.1) is 19.3 Å². The van der Waals surface area contributed by atoms with Crippen molar-refractivity contribution in [2.24, 2.45) is 0 Å². The number of hydrogen-bond donors (Lipinski definition) is 3. The molecule has 2 aromatic carbocycles. The third kappa shape index (κ3) is 5.07. The Hall–Kier alpha value is -3.35. The average Bonchev–Trinajstić information content (AvgIpc) is 3.17. The predicted molar refractivity (Wildman–Crippen MR) is 103 cm³/mol. The zero-order valence-electron chi connectivity index (χ0n) is 15.4. The summed E-state index contributed by atoms with van der Waals surface area (Å²) in [5.41, 5.74) is 8.28. The quantitative estimate of drug-likeness (QED) is 0.621. The molecule has 0 spiro atoms. The first kappa shape index (κ1) is 18.4. The van der Waals surface area contributed by atoms with Gasteiger partial charge in [-0.2, -0.15) is 0 Å². The number of anilines is 1. The van der Waals surface area contributed by atoms with Crippen LogP contribution in [0.3, 0.4) is 0 Å². The van der Waals surface area contributed by atoms with Crippen molar-refractivity contribution in [2.75, 3.05) is 25.8 Å². The molecule has 1 heterocycles. The lowest BCUT2D eigenvalue weighted by molar-refractivity contribution is -0.120. The van der Waals surface area contributed by atoms with Crippen molar-refractivity contribution >= 4 is 11.6 Å². The van der Waals surface area contributed by atoms with Gasteiger partial charge in [-0.1, -0.05) is 24.3 Å². The highest BCUT2D eigenvalue weighted by atomic mass is 16.7. The van der Waals surface area contributed by atoms with Gasteiger partial charge in [0.15, 0.2) is 11.5 Å². The van der Waals surface area contributed by atoms with E-state index in [1.807, 2.05) is 55.5 Å². The number of hydrazine groups is 1. The van der Waals surface area contributed by atoms with E-state index in [-0.39, 0.29) is 19.2 Å². The van der Waals surface area contributed by atoms with Crippen LogP contribution < -0.4 is 30.4 Å². The van der Waals surface area contributed by atoms with Crippen LogP contribution in [0.1, 0.15) is 12.5 Å².